The second kappa shape index (κ2) is 7.94. The number of anilines is 1. The van der Waals surface area contributed by atoms with Gasteiger partial charge in [0.05, 0.1) is 22.3 Å². The predicted molar refractivity (Wildman–Crippen MR) is 112 cm³/mol. The first-order chi connectivity index (χ1) is 14.1. The number of esters is 1. The number of aromatic nitrogens is 1. The molecule has 4 aromatic rings. The van der Waals surface area contributed by atoms with Gasteiger partial charge in [-0.25, -0.2) is 4.79 Å². The van der Waals surface area contributed by atoms with E-state index in [4.69, 9.17) is 4.74 Å². The van der Waals surface area contributed by atoms with Crippen LogP contribution >= 0.6 is 0 Å². The molecule has 0 fully saturated rings. The summed E-state index contributed by atoms with van der Waals surface area (Å²) >= 11 is 0. The van der Waals surface area contributed by atoms with E-state index >= 15 is 0 Å². The quantitative estimate of drug-likeness (QED) is 0.398. The second-order valence-corrected chi connectivity index (χ2v) is 6.54. The molecule has 1 aromatic heterocycles. The smallest absolute Gasteiger partial charge is 0.343 e. The van der Waals surface area contributed by atoms with E-state index in [1.165, 1.54) is 0 Å². The Hall–Kier alpha value is -3.99. The third kappa shape index (κ3) is 3.84. The topological polar surface area (TPSA) is 68.3 Å². The molecule has 5 nitrogen and oxygen atoms in total. The zero-order valence-corrected chi connectivity index (χ0v) is 15.8. The summed E-state index contributed by atoms with van der Waals surface area (Å²) in [7, 11) is 0. The molecule has 0 saturated heterocycles. The van der Waals surface area contributed by atoms with Crippen molar-refractivity contribution in [2.45, 2.75) is 6.92 Å². The van der Waals surface area contributed by atoms with Crippen molar-refractivity contribution in [3.05, 3.63) is 102 Å². The molecule has 142 valence electrons. The Morgan fingerprint density at radius 2 is 1.62 bits per heavy atom. The highest BCUT2D eigenvalue weighted by Gasteiger charge is 2.19. The van der Waals surface area contributed by atoms with Crippen LogP contribution < -0.4 is 10.1 Å². The van der Waals surface area contributed by atoms with Crippen LogP contribution in [0.3, 0.4) is 0 Å². The van der Waals surface area contributed by atoms with Crippen LogP contribution in [0.15, 0.2) is 85.1 Å². The monoisotopic (exact) mass is 382 g/mol. The van der Waals surface area contributed by atoms with E-state index in [1.807, 2.05) is 30.3 Å². The summed E-state index contributed by atoms with van der Waals surface area (Å²) in [6, 6.07) is 23.2. The average Bonchev–Trinajstić information content (AvgIpc) is 2.74. The number of hydrogen-bond donors (Lipinski definition) is 1. The van der Waals surface area contributed by atoms with E-state index in [0.717, 1.165) is 5.39 Å². The lowest BCUT2D eigenvalue weighted by molar-refractivity contribution is 0.0733. The van der Waals surface area contributed by atoms with Gasteiger partial charge in [0.1, 0.15) is 5.75 Å². The number of ether oxygens (including phenoxy) is 1. The molecule has 4 rings (SSSR count). The third-order valence-electron chi connectivity index (χ3n) is 4.55. The molecule has 0 radical (unpaired) electrons. The van der Waals surface area contributed by atoms with E-state index < -0.39 is 5.97 Å². The minimum absolute atomic E-state index is 0.213. The molecule has 5 heteroatoms. The molecule has 0 aliphatic heterocycles. The zero-order chi connectivity index (χ0) is 20.2. The first-order valence-electron chi connectivity index (χ1n) is 9.15. The number of rotatable bonds is 4. The highest BCUT2D eigenvalue weighted by atomic mass is 16.5. The molecular weight excluding hydrogens is 364 g/mol. The van der Waals surface area contributed by atoms with Crippen LogP contribution in [0, 0.1) is 6.92 Å². The number of para-hydroxylation sites is 1. The van der Waals surface area contributed by atoms with Crippen LogP contribution in [0.2, 0.25) is 0 Å². The molecule has 0 unspecified atom stereocenters. The van der Waals surface area contributed by atoms with Crippen LogP contribution in [0.1, 0.15) is 26.3 Å². The van der Waals surface area contributed by atoms with Crippen molar-refractivity contribution in [1.29, 1.82) is 0 Å². The molecule has 1 amide bonds. The maximum atomic E-state index is 13.1. The summed E-state index contributed by atoms with van der Waals surface area (Å²) < 4.78 is 5.54. The number of fused-ring (bicyclic) bond motifs is 1. The Kier molecular flexibility index (Phi) is 5.03. The SMILES string of the molecule is Cc1cccc(OC(=O)c2ccccc2)c1C(=O)Nc1cccc2cccnc12. The van der Waals surface area contributed by atoms with Crippen molar-refractivity contribution in [3.8, 4) is 5.75 Å². The van der Waals surface area contributed by atoms with Crippen LogP contribution in [0.5, 0.6) is 5.75 Å². The Morgan fingerprint density at radius 1 is 0.862 bits per heavy atom. The predicted octanol–water partition coefficient (Wildman–Crippen LogP) is 5.01. The molecule has 0 spiro atoms. The standard InChI is InChI=1S/C24H18N2O3/c1-16-8-5-14-20(29-24(28)18-9-3-2-4-10-18)21(16)23(27)26-19-13-6-11-17-12-7-15-25-22(17)19/h2-15H,1H3,(H,26,27). The van der Waals surface area contributed by atoms with Crippen molar-refractivity contribution in [2.75, 3.05) is 5.32 Å². The summed E-state index contributed by atoms with van der Waals surface area (Å²) in [5.41, 5.74) is 2.72. The number of benzene rings is 3. The van der Waals surface area contributed by atoms with Gasteiger partial charge in [-0.1, -0.05) is 48.5 Å². The van der Waals surface area contributed by atoms with Crippen molar-refractivity contribution in [1.82, 2.24) is 4.98 Å². The van der Waals surface area contributed by atoms with Crippen LogP contribution in [-0.4, -0.2) is 16.9 Å². The van der Waals surface area contributed by atoms with Gasteiger partial charge in [-0.05, 0) is 42.8 Å². The first kappa shape index (κ1) is 18.4. The van der Waals surface area contributed by atoms with Crippen molar-refractivity contribution in [2.24, 2.45) is 0 Å². The maximum Gasteiger partial charge on any atom is 0.343 e. The lowest BCUT2D eigenvalue weighted by atomic mass is 10.1. The van der Waals surface area contributed by atoms with Crippen molar-refractivity contribution >= 4 is 28.5 Å². The van der Waals surface area contributed by atoms with Gasteiger partial charge in [-0.15, -0.1) is 0 Å². The Bertz CT molecular complexity index is 1200. The van der Waals surface area contributed by atoms with Gasteiger partial charge in [-0.2, -0.15) is 0 Å². The molecule has 3 aromatic carbocycles. The van der Waals surface area contributed by atoms with Crippen molar-refractivity contribution < 1.29 is 14.3 Å². The number of aryl methyl sites for hydroxylation is 1. The summed E-state index contributed by atoms with van der Waals surface area (Å²) in [6.45, 7) is 1.80. The number of nitrogens with zero attached hydrogens (tertiary/aromatic N) is 1. The largest absolute Gasteiger partial charge is 0.422 e. The molecule has 29 heavy (non-hydrogen) atoms. The zero-order valence-electron chi connectivity index (χ0n) is 15.8. The lowest BCUT2D eigenvalue weighted by Crippen LogP contribution is -2.17. The number of amides is 1. The number of hydrogen-bond acceptors (Lipinski definition) is 4. The van der Waals surface area contributed by atoms with E-state index in [9.17, 15) is 9.59 Å². The van der Waals surface area contributed by atoms with Crippen molar-refractivity contribution in [3.63, 3.8) is 0 Å². The fourth-order valence-electron chi connectivity index (χ4n) is 3.14. The first-order valence-corrected chi connectivity index (χ1v) is 9.15. The minimum atomic E-state index is -0.517. The Morgan fingerprint density at radius 3 is 2.45 bits per heavy atom. The van der Waals surface area contributed by atoms with Gasteiger partial charge < -0.3 is 10.1 Å². The lowest BCUT2D eigenvalue weighted by Gasteiger charge is -2.14. The molecule has 0 atom stereocenters. The fraction of sp³-hybridized carbons (Fsp3) is 0.0417. The minimum Gasteiger partial charge on any atom is -0.422 e. The highest BCUT2D eigenvalue weighted by Crippen LogP contribution is 2.26. The summed E-state index contributed by atoms with van der Waals surface area (Å²) in [6.07, 6.45) is 1.68. The molecule has 0 aliphatic carbocycles. The van der Waals surface area contributed by atoms with Crippen LogP contribution in [0.25, 0.3) is 10.9 Å². The Labute approximate surface area is 168 Å². The molecule has 1 N–H and O–H groups in total. The summed E-state index contributed by atoms with van der Waals surface area (Å²) in [5.74, 6) is -0.668. The molecule has 0 saturated carbocycles. The average molecular weight is 382 g/mol. The van der Waals surface area contributed by atoms with Gasteiger partial charge in [0.25, 0.3) is 5.91 Å². The maximum absolute atomic E-state index is 13.1. The van der Waals surface area contributed by atoms with Gasteiger partial charge in [0, 0.05) is 11.6 Å². The van der Waals surface area contributed by atoms with Crippen LogP contribution in [0.4, 0.5) is 5.69 Å². The van der Waals surface area contributed by atoms with E-state index in [0.29, 0.717) is 27.9 Å². The van der Waals surface area contributed by atoms with Gasteiger partial charge in [0.2, 0.25) is 0 Å². The van der Waals surface area contributed by atoms with Gasteiger partial charge in [-0.3, -0.25) is 9.78 Å². The fourth-order valence-corrected chi connectivity index (χ4v) is 3.14. The normalized spacial score (nSPS) is 10.5. The van der Waals surface area contributed by atoms with Gasteiger partial charge in [0.15, 0.2) is 0 Å². The number of carbonyl (C=O) groups is 2. The molecule has 0 bridgehead atoms. The highest BCUT2D eigenvalue weighted by molar-refractivity contribution is 6.11. The number of carbonyl (C=O) groups excluding carboxylic acids is 2. The van der Waals surface area contributed by atoms with E-state index in [1.54, 1.807) is 61.7 Å². The second-order valence-electron chi connectivity index (χ2n) is 6.54. The van der Waals surface area contributed by atoms with Crippen LogP contribution in [-0.2, 0) is 0 Å². The number of pyridine rings is 1. The summed E-state index contributed by atoms with van der Waals surface area (Å²) in [4.78, 5) is 29.9. The van der Waals surface area contributed by atoms with E-state index in [2.05, 4.69) is 10.3 Å². The summed E-state index contributed by atoms with van der Waals surface area (Å²) in [5, 5.41) is 3.82. The molecule has 1 heterocycles. The Balaban J connectivity index is 1.66. The third-order valence-corrected chi connectivity index (χ3v) is 4.55. The number of nitrogens with one attached hydrogen (secondary N) is 1. The van der Waals surface area contributed by atoms with Gasteiger partial charge >= 0.3 is 5.97 Å². The molecular formula is C24H18N2O3. The molecule has 0 aliphatic rings. The van der Waals surface area contributed by atoms with E-state index in [-0.39, 0.29) is 11.7 Å².